The number of piperidine rings is 1. The van der Waals surface area contributed by atoms with Crippen LogP contribution in [0.15, 0.2) is 24.4 Å². The maximum absolute atomic E-state index is 12.9. The fourth-order valence-electron chi connectivity index (χ4n) is 4.91. The number of rotatable bonds is 3. The molecule has 1 aliphatic carbocycles. The standard InChI is InChI=1S/C20H27N3O/c1-4-23(5-2)20(24)14-9-16-15-7-6-8-17-19(15)13(11-21-17)10-18(16)22(3)12-14/h6-8,11,14,16,18,21H,4-5,9-10,12H2,1-3H3/t14-,16+,18-/m1/s1. The topological polar surface area (TPSA) is 39.3 Å². The van der Waals surface area contributed by atoms with E-state index in [2.05, 4.69) is 55.2 Å². The van der Waals surface area contributed by atoms with Crippen molar-refractivity contribution in [2.24, 2.45) is 5.92 Å². The number of carbonyl (C=O) groups is 1. The Balaban J connectivity index is 1.70. The molecule has 4 rings (SSSR count). The van der Waals surface area contributed by atoms with Crippen molar-refractivity contribution in [1.29, 1.82) is 0 Å². The SMILES string of the molecule is CCN(CC)C(=O)[C@@H]1C[C@H]2c3cccc4[nH]cc(c34)C[C@H]2N(C)C1. The quantitative estimate of drug-likeness (QED) is 0.942. The monoisotopic (exact) mass is 325 g/mol. The third-order valence-corrected chi connectivity index (χ3v) is 6.15. The summed E-state index contributed by atoms with van der Waals surface area (Å²) in [5.41, 5.74) is 4.10. The number of aromatic amines is 1. The Kier molecular flexibility index (Phi) is 3.87. The fraction of sp³-hybridized carbons (Fsp3) is 0.550. The van der Waals surface area contributed by atoms with Crippen molar-refractivity contribution in [3.8, 4) is 0 Å². The van der Waals surface area contributed by atoms with Crippen LogP contribution >= 0.6 is 0 Å². The van der Waals surface area contributed by atoms with E-state index < -0.39 is 0 Å². The van der Waals surface area contributed by atoms with Crippen LogP contribution in [0, 0.1) is 5.92 Å². The zero-order valence-corrected chi connectivity index (χ0v) is 14.9. The Morgan fingerprint density at radius 3 is 2.88 bits per heavy atom. The van der Waals surface area contributed by atoms with Crippen molar-refractivity contribution in [3.05, 3.63) is 35.5 Å². The number of nitrogens with zero attached hydrogens (tertiary/aromatic N) is 2. The zero-order valence-electron chi connectivity index (χ0n) is 14.9. The van der Waals surface area contributed by atoms with Gasteiger partial charge in [0.2, 0.25) is 5.91 Å². The summed E-state index contributed by atoms with van der Waals surface area (Å²) in [4.78, 5) is 20.7. The van der Waals surface area contributed by atoms with Gasteiger partial charge < -0.3 is 14.8 Å². The summed E-state index contributed by atoms with van der Waals surface area (Å²) < 4.78 is 0. The van der Waals surface area contributed by atoms with E-state index >= 15 is 0 Å². The first-order chi connectivity index (χ1) is 11.6. The Hall–Kier alpha value is -1.81. The molecule has 1 saturated heterocycles. The predicted molar refractivity (Wildman–Crippen MR) is 97.2 cm³/mol. The van der Waals surface area contributed by atoms with Gasteiger partial charge in [0.1, 0.15) is 0 Å². The molecule has 1 amide bonds. The molecule has 1 aliphatic heterocycles. The number of amides is 1. The molecule has 0 bridgehead atoms. The predicted octanol–water partition coefficient (Wildman–Crippen LogP) is 3.00. The van der Waals surface area contributed by atoms with Gasteiger partial charge >= 0.3 is 0 Å². The van der Waals surface area contributed by atoms with Crippen molar-refractivity contribution in [2.45, 2.75) is 38.6 Å². The minimum atomic E-state index is 0.117. The molecule has 4 nitrogen and oxygen atoms in total. The summed E-state index contributed by atoms with van der Waals surface area (Å²) >= 11 is 0. The van der Waals surface area contributed by atoms with E-state index in [0.717, 1.165) is 32.5 Å². The maximum Gasteiger partial charge on any atom is 0.226 e. The van der Waals surface area contributed by atoms with Crippen LogP contribution in [0.1, 0.15) is 37.3 Å². The number of fused-ring (bicyclic) bond motifs is 2. The zero-order chi connectivity index (χ0) is 16.8. The van der Waals surface area contributed by atoms with Gasteiger partial charge in [-0.25, -0.2) is 0 Å². The molecule has 0 saturated carbocycles. The van der Waals surface area contributed by atoms with E-state index in [1.165, 1.54) is 22.0 Å². The van der Waals surface area contributed by atoms with Crippen LogP contribution < -0.4 is 0 Å². The van der Waals surface area contributed by atoms with E-state index in [-0.39, 0.29) is 5.92 Å². The summed E-state index contributed by atoms with van der Waals surface area (Å²) in [6.45, 7) is 6.64. The van der Waals surface area contributed by atoms with Crippen molar-refractivity contribution in [1.82, 2.24) is 14.8 Å². The number of aromatic nitrogens is 1. The molecule has 128 valence electrons. The lowest BCUT2D eigenvalue weighted by Crippen LogP contribution is -2.52. The summed E-state index contributed by atoms with van der Waals surface area (Å²) in [7, 11) is 2.19. The number of carbonyl (C=O) groups excluding carboxylic acids is 1. The number of hydrogen-bond acceptors (Lipinski definition) is 2. The van der Waals surface area contributed by atoms with Crippen LogP contribution in [0.2, 0.25) is 0 Å². The first-order valence-corrected chi connectivity index (χ1v) is 9.21. The van der Waals surface area contributed by atoms with Gasteiger partial charge in [-0.1, -0.05) is 12.1 Å². The molecule has 1 fully saturated rings. The smallest absolute Gasteiger partial charge is 0.226 e. The highest BCUT2D eigenvalue weighted by molar-refractivity contribution is 5.88. The van der Waals surface area contributed by atoms with Crippen molar-refractivity contribution >= 4 is 16.8 Å². The summed E-state index contributed by atoms with van der Waals surface area (Å²) in [5.74, 6) is 0.907. The van der Waals surface area contributed by atoms with E-state index in [4.69, 9.17) is 0 Å². The van der Waals surface area contributed by atoms with E-state index in [1.54, 1.807) is 0 Å². The van der Waals surface area contributed by atoms with Gasteiger partial charge in [0.05, 0.1) is 5.92 Å². The Labute approximate surface area is 143 Å². The summed E-state index contributed by atoms with van der Waals surface area (Å²) in [5, 5.41) is 1.41. The first kappa shape index (κ1) is 15.7. The van der Waals surface area contributed by atoms with Gasteiger partial charge in [-0.3, -0.25) is 4.79 Å². The molecule has 2 aliphatic rings. The highest BCUT2D eigenvalue weighted by Crippen LogP contribution is 2.44. The average Bonchev–Trinajstić information content (AvgIpc) is 3.01. The van der Waals surface area contributed by atoms with Gasteiger partial charge in [-0.2, -0.15) is 0 Å². The van der Waals surface area contributed by atoms with Gasteiger partial charge in [0, 0.05) is 48.7 Å². The number of benzene rings is 1. The maximum atomic E-state index is 12.9. The second-order valence-corrected chi connectivity index (χ2v) is 7.34. The van der Waals surface area contributed by atoms with Crippen molar-refractivity contribution < 1.29 is 4.79 Å². The molecular weight excluding hydrogens is 298 g/mol. The summed E-state index contributed by atoms with van der Waals surface area (Å²) in [6.07, 6.45) is 4.24. The molecular formula is C20H27N3O. The van der Waals surface area contributed by atoms with E-state index in [9.17, 15) is 4.79 Å². The van der Waals surface area contributed by atoms with Crippen LogP contribution in [0.4, 0.5) is 0 Å². The van der Waals surface area contributed by atoms with Gasteiger partial charge in [0.25, 0.3) is 0 Å². The highest BCUT2D eigenvalue weighted by Gasteiger charge is 2.41. The lowest BCUT2D eigenvalue weighted by molar-refractivity contribution is -0.137. The molecule has 0 radical (unpaired) electrons. The second-order valence-electron chi connectivity index (χ2n) is 7.34. The van der Waals surface area contributed by atoms with Crippen molar-refractivity contribution in [3.63, 3.8) is 0 Å². The number of H-pyrrole nitrogens is 1. The third-order valence-electron chi connectivity index (χ3n) is 6.15. The Bertz CT molecular complexity index is 761. The van der Waals surface area contributed by atoms with E-state index in [0.29, 0.717) is 17.9 Å². The fourth-order valence-corrected chi connectivity index (χ4v) is 4.91. The normalized spacial score (nSPS) is 26.4. The molecule has 1 aromatic heterocycles. The third kappa shape index (κ3) is 2.27. The number of likely N-dealkylation sites (N-methyl/N-ethyl adjacent to an activating group) is 1. The number of likely N-dealkylation sites (tertiary alicyclic amines) is 1. The molecule has 1 N–H and O–H groups in total. The van der Waals surface area contributed by atoms with E-state index in [1.807, 2.05) is 4.90 Å². The molecule has 3 atom stereocenters. The molecule has 0 unspecified atom stereocenters. The van der Waals surface area contributed by atoms with Crippen LogP contribution in [0.25, 0.3) is 10.9 Å². The molecule has 1 aromatic carbocycles. The van der Waals surface area contributed by atoms with Crippen LogP contribution in [-0.4, -0.2) is 53.4 Å². The lowest BCUT2D eigenvalue weighted by Gasteiger charge is -2.45. The minimum absolute atomic E-state index is 0.117. The second kappa shape index (κ2) is 5.92. The van der Waals surface area contributed by atoms with Crippen molar-refractivity contribution in [2.75, 3.05) is 26.7 Å². The average molecular weight is 325 g/mol. The molecule has 24 heavy (non-hydrogen) atoms. The molecule has 4 heteroatoms. The lowest BCUT2D eigenvalue weighted by atomic mass is 9.72. The summed E-state index contributed by atoms with van der Waals surface area (Å²) in [6, 6.07) is 7.10. The molecule has 2 heterocycles. The highest BCUT2D eigenvalue weighted by atomic mass is 16.2. The first-order valence-electron chi connectivity index (χ1n) is 9.21. The molecule has 0 spiro atoms. The van der Waals surface area contributed by atoms with Crippen LogP contribution in [-0.2, 0) is 11.2 Å². The van der Waals surface area contributed by atoms with Gasteiger partial charge in [-0.05, 0) is 50.9 Å². The van der Waals surface area contributed by atoms with Crippen LogP contribution in [0.5, 0.6) is 0 Å². The Morgan fingerprint density at radius 1 is 1.33 bits per heavy atom. The largest absolute Gasteiger partial charge is 0.361 e. The Morgan fingerprint density at radius 2 is 2.12 bits per heavy atom. The minimum Gasteiger partial charge on any atom is -0.361 e. The van der Waals surface area contributed by atoms with Gasteiger partial charge in [-0.15, -0.1) is 0 Å². The number of hydrogen-bond donors (Lipinski definition) is 1. The molecule has 2 aromatic rings. The van der Waals surface area contributed by atoms with Crippen LogP contribution in [0.3, 0.4) is 0 Å². The number of nitrogens with one attached hydrogen (secondary N) is 1. The van der Waals surface area contributed by atoms with Gasteiger partial charge in [0.15, 0.2) is 0 Å².